The number of alkyl halides is 3. The first kappa shape index (κ1) is 30.7. The molecule has 0 radical (unpaired) electrons. The largest absolute Gasteiger partial charge is 0.489 e. The van der Waals surface area contributed by atoms with Gasteiger partial charge < -0.3 is 15.2 Å². The second-order valence-electron chi connectivity index (χ2n) is 10.4. The summed E-state index contributed by atoms with van der Waals surface area (Å²) in [5, 5.41) is 12.3. The summed E-state index contributed by atoms with van der Waals surface area (Å²) >= 11 is 0. The number of carboxylic acid groups (broad SMARTS) is 1. The Morgan fingerprint density at radius 3 is 2.23 bits per heavy atom. The van der Waals surface area contributed by atoms with Crippen molar-refractivity contribution in [2.24, 2.45) is 5.92 Å². The first-order chi connectivity index (χ1) is 18.7. The number of rotatable bonds is 11. The van der Waals surface area contributed by atoms with Gasteiger partial charge in [0.25, 0.3) is 5.91 Å². The highest BCUT2D eigenvalue weighted by Crippen LogP contribution is 2.32. The molecule has 0 saturated carbocycles. The Morgan fingerprint density at radius 2 is 1.65 bits per heavy atom. The van der Waals surface area contributed by atoms with Crippen molar-refractivity contribution in [3.63, 3.8) is 0 Å². The molecule has 1 amide bonds. The Morgan fingerprint density at radius 1 is 0.975 bits per heavy atom. The van der Waals surface area contributed by atoms with Crippen LogP contribution in [-0.4, -0.2) is 17.0 Å². The van der Waals surface area contributed by atoms with Crippen molar-refractivity contribution in [1.82, 2.24) is 5.32 Å². The molecule has 0 spiro atoms. The first-order valence-electron chi connectivity index (χ1n) is 12.9. The minimum Gasteiger partial charge on any atom is -0.489 e. The number of ether oxygens (including phenoxy) is 1. The lowest BCUT2D eigenvalue weighted by molar-refractivity contribution is -0.140. The number of carbonyl (C=O) groups excluding carboxylic acids is 1. The number of hydrogen-bond acceptors (Lipinski definition) is 3. The number of aryl methyl sites for hydroxylation is 3. The van der Waals surface area contributed by atoms with Gasteiger partial charge in [-0.15, -0.1) is 0 Å². The Labute approximate surface area is 231 Å². The predicted molar refractivity (Wildman–Crippen MR) is 144 cm³/mol. The molecule has 1 unspecified atom stereocenters. The van der Waals surface area contributed by atoms with E-state index in [1.54, 1.807) is 12.1 Å². The van der Waals surface area contributed by atoms with Gasteiger partial charge >= 0.3 is 12.1 Å². The van der Waals surface area contributed by atoms with Gasteiger partial charge in [-0.25, -0.2) is 4.39 Å². The quantitative estimate of drug-likeness (QED) is 0.238. The van der Waals surface area contributed by atoms with Crippen LogP contribution in [0.25, 0.3) is 0 Å². The van der Waals surface area contributed by atoms with Crippen molar-refractivity contribution in [1.29, 1.82) is 0 Å². The average Bonchev–Trinajstić information content (AvgIpc) is 2.84. The topological polar surface area (TPSA) is 75.6 Å². The Bertz CT molecular complexity index is 1350. The lowest BCUT2D eigenvalue weighted by Gasteiger charge is -2.23. The van der Waals surface area contributed by atoms with Gasteiger partial charge in [-0.05, 0) is 73.6 Å². The van der Waals surface area contributed by atoms with E-state index in [2.05, 4.69) is 19.2 Å². The first-order valence-corrected chi connectivity index (χ1v) is 12.9. The highest BCUT2D eigenvalue weighted by Gasteiger charge is 2.34. The van der Waals surface area contributed by atoms with E-state index in [4.69, 9.17) is 4.74 Å². The van der Waals surface area contributed by atoms with Gasteiger partial charge in [-0.2, -0.15) is 13.2 Å². The van der Waals surface area contributed by atoms with Crippen LogP contribution in [-0.2, 0) is 24.0 Å². The van der Waals surface area contributed by atoms with Crippen LogP contribution in [0.2, 0.25) is 0 Å². The van der Waals surface area contributed by atoms with E-state index < -0.39 is 29.4 Å². The summed E-state index contributed by atoms with van der Waals surface area (Å²) in [5.74, 6) is -2.31. The van der Waals surface area contributed by atoms with Gasteiger partial charge in [0.15, 0.2) is 0 Å². The fourth-order valence-electron chi connectivity index (χ4n) is 4.56. The van der Waals surface area contributed by atoms with Gasteiger partial charge in [0.2, 0.25) is 0 Å². The average molecular weight is 560 g/mol. The fourth-order valence-corrected chi connectivity index (χ4v) is 4.56. The van der Waals surface area contributed by atoms with Crippen LogP contribution in [0.3, 0.4) is 0 Å². The molecule has 214 valence electrons. The second-order valence-corrected chi connectivity index (χ2v) is 10.4. The molecule has 0 aliphatic rings. The lowest BCUT2D eigenvalue weighted by atomic mass is 9.93. The van der Waals surface area contributed by atoms with E-state index >= 15 is 0 Å². The number of halogens is 4. The molecular formula is C31H33F4NO4. The van der Waals surface area contributed by atoms with Crippen LogP contribution < -0.4 is 10.1 Å². The third-order valence-corrected chi connectivity index (χ3v) is 6.34. The molecule has 0 aliphatic heterocycles. The van der Waals surface area contributed by atoms with Gasteiger partial charge in [-0.1, -0.05) is 55.3 Å². The molecule has 0 fully saturated rings. The summed E-state index contributed by atoms with van der Waals surface area (Å²) in [4.78, 5) is 24.8. The highest BCUT2D eigenvalue weighted by molar-refractivity contribution is 5.96. The third-order valence-electron chi connectivity index (χ3n) is 6.34. The summed E-state index contributed by atoms with van der Waals surface area (Å²) in [6.45, 7) is 7.84. The van der Waals surface area contributed by atoms with Crippen molar-refractivity contribution in [3.8, 4) is 5.75 Å². The van der Waals surface area contributed by atoms with Gasteiger partial charge in [0.05, 0.1) is 11.6 Å². The van der Waals surface area contributed by atoms with Crippen LogP contribution in [0.1, 0.15) is 76.5 Å². The standard InChI is InChI=1S/C31H33F4NO4/c1-18(2)11-28(23-13-19(3)12-20(4)14-23)36-30(39)25-16-24(8-6-22(25)7-10-29(37)38)40-17-21-5-9-26(27(32)15-21)31(33,34)35/h5-6,8-9,12-16,18,28H,7,10-11,17H2,1-4H3,(H,36,39)(H,37,38). The monoisotopic (exact) mass is 559 g/mol. The lowest BCUT2D eigenvalue weighted by Crippen LogP contribution is -2.30. The minimum absolute atomic E-state index is 0.112. The van der Waals surface area contributed by atoms with Crippen LogP contribution in [0.4, 0.5) is 17.6 Å². The molecule has 9 heteroatoms. The van der Waals surface area contributed by atoms with Crippen LogP contribution >= 0.6 is 0 Å². The van der Waals surface area contributed by atoms with Crippen molar-refractivity contribution in [2.75, 3.05) is 0 Å². The zero-order valence-electron chi connectivity index (χ0n) is 22.9. The Balaban J connectivity index is 1.88. The SMILES string of the molecule is Cc1cc(C)cc(C(CC(C)C)NC(=O)c2cc(OCc3ccc(C(F)(F)F)c(F)c3)ccc2CCC(=O)O)c1. The number of nitrogens with one attached hydrogen (secondary N) is 1. The van der Waals surface area contributed by atoms with Crippen LogP contribution in [0.5, 0.6) is 5.75 Å². The summed E-state index contributed by atoms with van der Waals surface area (Å²) in [6, 6.07) is 13.0. The van der Waals surface area contributed by atoms with Crippen LogP contribution in [0, 0.1) is 25.6 Å². The molecule has 40 heavy (non-hydrogen) atoms. The Kier molecular flexibility index (Phi) is 9.95. The fraction of sp³-hybridized carbons (Fsp3) is 0.355. The summed E-state index contributed by atoms with van der Waals surface area (Å²) in [7, 11) is 0. The van der Waals surface area contributed by atoms with E-state index in [1.807, 2.05) is 32.0 Å². The number of aliphatic carboxylic acids is 1. The maximum atomic E-state index is 14.0. The minimum atomic E-state index is -4.80. The molecule has 0 bridgehead atoms. The number of carbonyl (C=O) groups is 2. The molecule has 1 atom stereocenters. The molecule has 0 aromatic heterocycles. The number of carboxylic acids is 1. The number of hydrogen-bond donors (Lipinski definition) is 2. The van der Waals surface area contributed by atoms with E-state index in [1.165, 1.54) is 6.07 Å². The predicted octanol–water partition coefficient (Wildman–Crippen LogP) is 7.57. The molecule has 3 aromatic carbocycles. The third kappa shape index (κ3) is 8.56. The maximum absolute atomic E-state index is 14.0. The van der Waals surface area contributed by atoms with Crippen molar-refractivity contribution < 1.29 is 37.0 Å². The second kappa shape index (κ2) is 13.0. The van der Waals surface area contributed by atoms with E-state index in [9.17, 15) is 32.3 Å². The number of benzene rings is 3. The molecule has 3 rings (SSSR count). The molecule has 0 heterocycles. The zero-order valence-corrected chi connectivity index (χ0v) is 22.9. The molecule has 2 N–H and O–H groups in total. The maximum Gasteiger partial charge on any atom is 0.419 e. The smallest absolute Gasteiger partial charge is 0.419 e. The van der Waals surface area contributed by atoms with E-state index in [-0.39, 0.29) is 48.3 Å². The van der Waals surface area contributed by atoms with Crippen LogP contribution in [0.15, 0.2) is 54.6 Å². The Hall–Kier alpha value is -3.88. The van der Waals surface area contributed by atoms with Gasteiger partial charge in [0.1, 0.15) is 18.2 Å². The number of amides is 1. The van der Waals surface area contributed by atoms with Crippen molar-refractivity contribution in [3.05, 3.63) is 99.4 Å². The summed E-state index contributed by atoms with van der Waals surface area (Å²) in [5.41, 5.74) is 2.65. The molecule has 0 aliphatic carbocycles. The van der Waals surface area contributed by atoms with E-state index in [0.717, 1.165) is 28.8 Å². The molecular weight excluding hydrogens is 526 g/mol. The zero-order chi connectivity index (χ0) is 29.6. The van der Waals surface area contributed by atoms with Gasteiger partial charge in [0, 0.05) is 12.0 Å². The normalized spacial score (nSPS) is 12.3. The molecule has 5 nitrogen and oxygen atoms in total. The molecule has 0 saturated heterocycles. The van der Waals surface area contributed by atoms with Crippen molar-refractivity contribution >= 4 is 11.9 Å². The van der Waals surface area contributed by atoms with Gasteiger partial charge in [-0.3, -0.25) is 9.59 Å². The molecule has 3 aromatic rings. The highest BCUT2D eigenvalue weighted by atomic mass is 19.4. The summed E-state index contributed by atoms with van der Waals surface area (Å²) < 4.78 is 58.2. The van der Waals surface area contributed by atoms with Crippen molar-refractivity contribution in [2.45, 2.75) is 65.8 Å². The van der Waals surface area contributed by atoms with E-state index in [0.29, 0.717) is 18.1 Å². The summed E-state index contributed by atoms with van der Waals surface area (Å²) in [6.07, 6.45) is -4.20.